The van der Waals surface area contributed by atoms with E-state index in [1.165, 1.54) is 29.1 Å². The van der Waals surface area contributed by atoms with Gasteiger partial charge in [0, 0.05) is 17.1 Å². The van der Waals surface area contributed by atoms with Gasteiger partial charge in [-0.2, -0.15) is 11.8 Å². The lowest BCUT2D eigenvalue weighted by atomic mass is 10.2. The lowest BCUT2D eigenvalue weighted by molar-refractivity contribution is 0.927. The van der Waals surface area contributed by atoms with E-state index in [-0.39, 0.29) is 0 Å². The van der Waals surface area contributed by atoms with Crippen molar-refractivity contribution < 1.29 is 0 Å². The Morgan fingerprint density at radius 1 is 1.58 bits per heavy atom. The van der Waals surface area contributed by atoms with Crippen LogP contribution in [-0.2, 0) is 18.6 Å². The molecule has 12 heavy (non-hydrogen) atoms. The molecular weight excluding hydrogens is 168 g/mol. The van der Waals surface area contributed by atoms with Crippen LogP contribution in [0.3, 0.4) is 0 Å². The molecule has 3 heteroatoms. The highest BCUT2D eigenvalue weighted by Gasteiger charge is 2.11. The minimum absolute atomic E-state index is 0.743. The second-order valence-electron chi connectivity index (χ2n) is 3.14. The third-order valence-corrected chi connectivity index (χ3v) is 3.21. The molecule has 2 nitrogen and oxygen atoms in total. The van der Waals surface area contributed by atoms with E-state index in [4.69, 9.17) is 5.73 Å². The minimum atomic E-state index is 0.743. The molecule has 3 N–H and O–H groups in total. The number of thioether (sulfide) groups is 1. The van der Waals surface area contributed by atoms with Gasteiger partial charge >= 0.3 is 0 Å². The van der Waals surface area contributed by atoms with Gasteiger partial charge in [0.2, 0.25) is 0 Å². The maximum atomic E-state index is 5.49. The Labute approximate surface area is 76.9 Å². The smallest absolute Gasteiger partial charge is 0.0339 e. The number of aromatic amines is 1. The highest BCUT2D eigenvalue weighted by atomic mass is 32.2. The summed E-state index contributed by atoms with van der Waals surface area (Å²) in [7, 11) is 0. The molecule has 1 aliphatic rings. The van der Waals surface area contributed by atoms with Crippen LogP contribution in [0.5, 0.6) is 0 Å². The predicted octanol–water partition coefficient (Wildman–Crippen LogP) is 1.31. The number of aromatic nitrogens is 1. The summed E-state index contributed by atoms with van der Waals surface area (Å²) < 4.78 is 0. The summed E-state index contributed by atoms with van der Waals surface area (Å²) in [6.45, 7) is 0.743. The van der Waals surface area contributed by atoms with E-state index < -0.39 is 0 Å². The number of hydrogen-bond donors (Lipinski definition) is 2. The Hall–Kier alpha value is -0.410. The van der Waals surface area contributed by atoms with Crippen molar-refractivity contribution in [2.75, 3.05) is 12.3 Å². The Morgan fingerprint density at radius 3 is 3.25 bits per heavy atom. The number of H-pyrrole nitrogens is 1. The van der Waals surface area contributed by atoms with E-state index in [0.29, 0.717) is 0 Å². The van der Waals surface area contributed by atoms with Crippen molar-refractivity contribution in [2.24, 2.45) is 5.73 Å². The van der Waals surface area contributed by atoms with Crippen molar-refractivity contribution in [3.05, 3.63) is 23.0 Å². The quantitative estimate of drug-likeness (QED) is 0.724. The van der Waals surface area contributed by atoms with Gasteiger partial charge in [-0.1, -0.05) is 0 Å². The van der Waals surface area contributed by atoms with E-state index in [1.54, 1.807) is 0 Å². The van der Waals surface area contributed by atoms with E-state index in [2.05, 4.69) is 11.1 Å². The second kappa shape index (κ2) is 3.54. The molecule has 0 fully saturated rings. The Balaban J connectivity index is 2.20. The largest absolute Gasteiger partial charge is 0.361 e. The molecule has 1 aromatic rings. The van der Waals surface area contributed by atoms with Crippen LogP contribution in [0.4, 0.5) is 0 Å². The van der Waals surface area contributed by atoms with Gasteiger partial charge < -0.3 is 10.7 Å². The predicted molar refractivity (Wildman–Crippen MR) is 53.4 cm³/mol. The maximum absolute atomic E-state index is 5.49. The summed E-state index contributed by atoms with van der Waals surface area (Å²) in [5.41, 5.74) is 9.74. The van der Waals surface area contributed by atoms with E-state index in [1.807, 2.05) is 11.8 Å². The Morgan fingerprint density at radius 2 is 2.50 bits per heavy atom. The second-order valence-corrected chi connectivity index (χ2v) is 4.24. The lowest BCUT2D eigenvalue weighted by Gasteiger charge is -2.08. The molecule has 2 heterocycles. The molecule has 0 unspecified atom stereocenters. The summed E-state index contributed by atoms with van der Waals surface area (Å²) in [4.78, 5) is 3.43. The molecule has 2 rings (SSSR count). The number of rotatable bonds is 2. The number of fused-ring (bicyclic) bond motifs is 1. The van der Waals surface area contributed by atoms with Crippen molar-refractivity contribution in [1.29, 1.82) is 0 Å². The molecule has 0 bridgehead atoms. The number of aryl methyl sites for hydroxylation is 1. The molecule has 0 aromatic carbocycles. The highest BCUT2D eigenvalue weighted by molar-refractivity contribution is 7.98. The summed E-state index contributed by atoms with van der Waals surface area (Å²) in [5, 5.41) is 0. The fourth-order valence-corrected chi connectivity index (χ4v) is 2.58. The van der Waals surface area contributed by atoms with Crippen LogP contribution < -0.4 is 5.73 Å². The summed E-state index contributed by atoms with van der Waals surface area (Å²) in [6.07, 6.45) is 2.21. The average molecular weight is 182 g/mol. The fourth-order valence-electron chi connectivity index (χ4n) is 1.61. The van der Waals surface area contributed by atoms with Crippen molar-refractivity contribution in [3.63, 3.8) is 0 Å². The van der Waals surface area contributed by atoms with Crippen molar-refractivity contribution in [2.45, 2.75) is 18.6 Å². The molecular formula is C9H14N2S. The van der Waals surface area contributed by atoms with Gasteiger partial charge in [-0.05, 0) is 36.8 Å². The summed E-state index contributed by atoms with van der Waals surface area (Å²) in [5.74, 6) is 2.42. The summed E-state index contributed by atoms with van der Waals surface area (Å²) in [6, 6.07) is 2.28. The van der Waals surface area contributed by atoms with E-state index in [9.17, 15) is 0 Å². The third kappa shape index (κ3) is 1.52. The molecule has 0 atom stereocenters. The third-order valence-electron chi connectivity index (χ3n) is 2.22. The van der Waals surface area contributed by atoms with Gasteiger partial charge in [-0.15, -0.1) is 0 Å². The highest BCUT2D eigenvalue weighted by Crippen LogP contribution is 2.24. The summed E-state index contributed by atoms with van der Waals surface area (Å²) >= 11 is 2.01. The van der Waals surface area contributed by atoms with E-state index in [0.717, 1.165) is 18.7 Å². The first-order valence-electron chi connectivity index (χ1n) is 4.37. The van der Waals surface area contributed by atoms with Crippen molar-refractivity contribution in [1.82, 2.24) is 4.98 Å². The molecule has 0 amide bonds. The van der Waals surface area contributed by atoms with Gasteiger partial charge in [0.15, 0.2) is 0 Å². The molecule has 0 spiro atoms. The molecule has 1 aliphatic heterocycles. The van der Waals surface area contributed by atoms with Crippen LogP contribution >= 0.6 is 11.8 Å². The van der Waals surface area contributed by atoms with Crippen molar-refractivity contribution in [3.8, 4) is 0 Å². The number of nitrogens with two attached hydrogens (primary N) is 1. The molecule has 0 saturated carbocycles. The zero-order valence-corrected chi connectivity index (χ0v) is 7.91. The monoisotopic (exact) mass is 182 g/mol. The zero-order chi connectivity index (χ0) is 8.39. The Bertz CT molecular complexity index is 244. The van der Waals surface area contributed by atoms with Crippen LogP contribution in [0.15, 0.2) is 6.07 Å². The van der Waals surface area contributed by atoms with E-state index >= 15 is 0 Å². The molecule has 0 aliphatic carbocycles. The molecule has 66 valence electrons. The van der Waals surface area contributed by atoms with Gasteiger partial charge in [-0.25, -0.2) is 0 Å². The molecule has 1 aromatic heterocycles. The zero-order valence-electron chi connectivity index (χ0n) is 7.10. The first-order chi connectivity index (χ1) is 5.90. The standard InChI is InChI=1S/C9H14N2S/c10-3-1-8-5-7-2-4-12-6-9(7)11-8/h5,11H,1-4,6,10H2. The SMILES string of the molecule is NCCc1cc2c([nH]1)CSCC2. The first-order valence-corrected chi connectivity index (χ1v) is 5.53. The number of nitrogens with one attached hydrogen (secondary N) is 1. The fraction of sp³-hybridized carbons (Fsp3) is 0.556. The van der Waals surface area contributed by atoms with Gasteiger partial charge in [0.05, 0.1) is 0 Å². The van der Waals surface area contributed by atoms with Gasteiger partial charge in [-0.3, -0.25) is 0 Å². The van der Waals surface area contributed by atoms with Crippen LogP contribution in [-0.4, -0.2) is 17.3 Å². The first kappa shape index (κ1) is 8.20. The molecule has 0 radical (unpaired) electrons. The Kier molecular flexibility index (Phi) is 2.42. The van der Waals surface area contributed by atoms with Crippen molar-refractivity contribution >= 4 is 11.8 Å². The average Bonchev–Trinajstić information content (AvgIpc) is 2.47. The van der Waals surface area contributed by atoms with Gasteiger partial charge in [0.1, 0.15) is 0 Å². The normalized spacial score (nSPS) is 16.1. The minimum Gasteiger partial charge on any atom is -0.361 e. The maximum Gasteiger partial charge on any atom is 0.0339 e. The molecule has 0 saturated heterocycles. The van der Waals surface area contributed by atoms with Crippen LogP contribution in [0.1, 0.15) is 17.0 Å². The van der Waals surface area contributed by atoms with Crippen LogP contribution in [0.25, 0.3) is 0 Å². The van der Waals surface area contributed by atoms with Gasteiger partial charge in [0.25, 0.3) is 0 Å². The lowest BCUT2D eigenvalue weighted by Crippen LogP contribution is -2.02. The number of hydrogen-bond acceptors (Lipinski definition) is 2. The van der Waals surface area contributed by atoms with Crippen LogP contribution in [0, 0.1) is 0 Å². The van der Waals surface area contributed by atoms with Crippen LogP contribution in [0.2, 0.25) is 0 Å². The topological polar surface area (TPSA) is 41.8 Å².